The van der Waals surface area contributed by atoms with Crippen LogP contribution in [0.1, 0.15) is 23.2 Å². The lowest BCUT2D eigenvalue weighted by molar-refractivity contribution is -0.141. The molecule has 1 aliphatic rings. The van der Waals surface area contributed by atoms with Crippen molar-refractivity contribution in [3.8, 4) is 0 Å². The standard InChI is InChI=1S/C14H13F3N4/c15-14(16,17)11-7-12(21-13(18)20-11)19-10-5-4-8-2-1-3-9(8)6-10/h4-7H,1-3H2,(H3,18,19,20,21). The number of nitrogens with zero attached hydrogens (tertiary/aromatic N) is 2. The van der Waals surface area contributed by atoms with Crippen molar-refractivity contribution in [2.45, 2.75) is 25.4 Å². The number of aryl methyl sites for hydroxylation is 2. The molecule has 0 amide bonds. The van der Waals surface area contributed by atoms with Crippen molar-refractivity contribution in [3.05, 3.63) is 41.1 Å². The van der Waals surface area contributed by atoms with E-state index >= 15 is 0 Å². The summed E-state index contributed by atoms with van der Waals surface area (Å²) in [6, 6.07) is 6.60. The third kappa shape index (κ3) is 2.91. The lowest BCUT2D eigenvalue weighted by atomic mass is 10.1. The van der Waals surface area contributed by atoms with E-state index in [0.29, 0.717) is 5.69 Å². The number of benzene rings is 1. The first kappa shape index (κ1) is 13.7. The molecular weight excluding hydrogens is 281 g/mol. The van der Waals surface area contributed by atoms with Gasteiger partial charge in [-0.15, -0.1) is 0 Å². The number of nitrogens with one attached hydrogen (secondary N) is 1. The Labute approximate surface area is 119 Å². The van der Waals surface area contributed by atoms with Crippen molar-refractivity contribution in [2.75, 3.05) is 11.1 Å². The van der Waals surface area contributed by atoms with Gasteiger partial charge in [-0.25, -0.2) is 4.98 Å². The normalized spacial score (nSPS) is 14.0. The highest BCUT2D eigenvalue weighted by molar-refractivity contribution is 5.59. The number of aromatic nitrogens is 2. The van der Waals surface area contributed by atoms with Gasteiger partial charge < -0.3 is 11.1 Å². The first-order valence-corrected chi connectivity index (χ1v) is 6.52. The van der Waals surface area contributed by atoms with Crippen LogP contribution in [0.5, 0.6) is 0 Å². The molecule has 0 spiro atoms. The summed E-state index contributed by atoms with van der Waals surface area (Å²) in [6.07, 6.45) is -1.40. The molecule has 7 heteroatoms. The van der Waals surface area contributed by atoms with Gasteiger partial charge in [0.25, 0.3) is 0 Å². The summed E-state index contributed by atoms with van der Waals surface area (Å²) in [7, 11) is 0. The highest BCUT2D eigenvalue weighted by Crippen LogP contribution is 2.31. The minimum absolute atomic E-state index is 0.0350. The van der Waals surface area contributed by atoms with Crippen molar-refractivity contribution in [3.63, 3.8) is 0 Å². The van der Waals surface area contributed by atoms with Gasteiger partial charge in [0, 0.05) is 11.8 Å². The Kier molecular flexibility index (Phi) is 3.19. The van der Waals surface area contributed by atoms with Crippen LogP contribution in [0, 0.1) is 0 Å². The quantitative estimate of drug-likeness (QED) is 0.892. The molecule has 0 unspecified atom stereocenters. The largest absolute Gasteiger partial charge is 0.433 e. The van der Waals surface area contributed by atoms with Crippen LogP contribution in [0.4, 0.5) is 30.6 Å². The summed E-state index contributed by atoms with van der Waals surface area (Å²) in [6.45, 7) is 0. The Hall–Kier alpha value is -2.31. The van der Waals surface area contributed by atoms with Crippen LogP contribution in [0.2, 0.25) is 0 Å². The molecule has 3 N–H and O–H groups in total. The van der Waals surface area contributed by atoms with Gasteiger partial charge in [-0.3, -0.25) is 0 Å². The van der Waals surface area contributed by atoms with Crippen LogP contribution in [-0.4, -0.2) is 9.97 Å². The first-order valence-electron chi connectivity index (χ1n) is 6.52. The third-order valence-electron chi connectivity index (χ3n) is 3.40. The second-order valence-corrected chi connectivity index (χ2v) is 4.96. The molecule has 3 rings (SSSR count). The Morgan fingerprint density at radius 3 is 2.57 bits per heavy atom. The number of halogens is 3. The van der Waals surface area contributed by atoms with Crippen molar-refractivity contribution in [2.24, 2.45) is 0 Å². The minimum atomic E-state index is -4.55. The zero-order valence-corrected chi connectivity index (χ0v) is 11.0. The van der Waals surface area contributed by atoms with Crippen molar-refractivity contribution >= 4 is 17.5 Å². The van der Waals surface area contributed by atoms with Gasteiger partial charge in [-0.05, 0) is 42.5 Å². The third-order valence-corrected chi connectivity index (χ3v) is 3.40. The molecule has 0 atom stereocenters. The molecule has 4 nitrogen and oxygen atoms in total. The Morgan fingerprint density at radius 1 is 1.05 bits per heavy atom. The smallest absolute Gasteiger partial charge is 0.368 e. The average Bonchev–Trinajstić information content (AvgIpc) is 2.84. The summed E-state index contributed by atoms with van der Waals surface area (Å²) < 4.78 is 38.1. The lowest BCUT2D eigenvalue weighted by Gasteiger charge is -2.11. The Balaban J connectivity index is 1.89. The van der Waals surface area contributed by atoms with Gasteiger partial charge in [0.1, 0.15) is 5.82 Å². The Bertz CT molecular complexity index is 682. The number of rotatable bonds is 2. The molecule has 0 aliphatic heterocycles. The van der Waals surface area contributed by atoms with Crippen LogP contribution >= 0.6 is 0 Å². The van der Waals surface area contributed by atoms with E-state index in [2.05, 4.69) is 15.3 Å². The van der Waals surface area contributed by atoms with Crippen LogP contribution in [0.3, 0.4) is 0 Å². The fourth-order valence-corrected chi connectivity index (χ4v) is 2.47. The molecule has 110 valence electrons. The lowest BCUT2D eigenvalue weighted by Crippen LogP contribution is -2.12. The molecule has 0 saturated carbocycles. The van der Waals surface area contributed by atoms with Gasteiger partial charge in [-0.2, -0.15) is 18.2 Å². The van der Waals surface area contributed by atoms with Gasteiger partial charge in [0.15, 0.2) is 5.69 Å². The van der Waals surface area contributed by atoms with Gasteiger partial charge in [0.2, 0.25) is 5.95 Å². The second kappa shape index (κ2) is 4.91. The first-order chi connectivity index (χ1) is 9.91. The molecule has 0 saturated heterocycles. The molecule has 1 aliphatic carbocycles. The van der Waals surface area contributed by atoms with Crippen LogP contribution in [0.25, 0.3) is 0 Å². The molecule has 21 heavy (non-hydrogen) atoms. The monoisotopic (exact) mass is 294 g/mol. The van der Waals surface area contributed by atoms with Crippen molar-refractivity contribution in [1.82, 2.24) is 9.97 Å². The fraction of sp³-hybridized carbons (Fsp3) is 0.286. The number of nitrogens with two attached hydrogens (primary N) is 1. The second-order valence-electron chi connectivity index (χ2n) is 4.96. The summed E-state index contributed by atoms with van der Waals surface area (Å²) in [5.74, 6) is -0.374. The van der Waals surface area contributed by atoms with Gasteiger partial charge in [-0.1, -0.05) is 6.07 Å². The molecule has 2 aromatic rings. The van der Waals surface area contributed by atoms with Gasteiger partial charge >= 0.3 is 6.18 Å². The van der Waals surface area contributed by atoms with Gasteiger partial charge in [0.05, 0.1) is 0 Å². The highest BCUT2D eigenvalue weighted by atomic mass is 19.4. The molecule has 0 fully saturated rings. The van der Waals surface area contributed by atoms with E-state index in [0.717, 1.165) is 25.3 Å². The SMILES string of the molecule is Nc1nc(Nc2ccc3c(c2)CCC3)cc(C(F)(F)F)n1. The fourth-order valence-electron chi connectivity index (χ4n) is 2.47. The molecule has 0 radical (unpaired) electrons. The summed E-state index contributed by atoms with van der Waals surface area (Å²) >= 11 is 0. The minimum Gasteiger partial charge on any atom is -0.368 e. The Morgan fingerprint density at radius 2 is 1.81 bits per heavy atom. The summed E-state index contributed by atoms with van der Waals surface area (Å²) in [5.41, 5.74) is 7.49. The summed E-state index contributed by atoms with van der Waals surface area (Å²) in [5, 5.41) is 2.86. The molecular formula is C14H13F3N4. The van der Waals surface area contributed by atoms with Crippen LogP contribution in [0.15, 0.2) is 24.3 Å². The maximum absolute atomic E-state index is 12.7. The van der Waals surface area contributed by atoms with E-state index < -0.39 is 17.8 Å². The number of hydrogen-bond acceptors (Lipinski definition) is 4. The average molecular weight is 294 g/mol. The van der Waals surface area contributed by atoms with Crippen molar-refractivity contribution < 1.29 is 13.2 Å². The summed E-state index contributed by atoms with van der Waals surface area (Å²) in [4.78, 5) is 7.00. The van der Waals surface area contributed by atoms with Crippen molar-refractivity contribution in [1.29, 1.82) is 0 Å². The zero-order chi connectivity index (χ0) is 15.0. The number of nitrogen functional groups attached to an aromatic ring is 1. The van der Waals surface area contributed by atoms with Crippen LogP contribution < -0.4 is 11.1 Å². The number of alkyl halides is 3. The van der Waals surface area contributed by atoms with E-state index in [1.165, 1.54) is 11.1 Å². The number of fused-ring (bicyclic) bond motifs is 1. The molecule has 1 heterocycles. The van der Waals surface area contributed by atoms with E-state index in [-0.39, 0.29) is 5.82 Å². The number of hydrogen-bond donors (Lipinski definition) is 2. The van der Waals surface area contributed by atoms with E-state index in [1.807, 2.05) is 18.2 Å². The highest BCUT2D eigenvalue weighted by Gasteiger charge is 2.33. The van der Waals surface area contributed by atoms with E-state index in [4.69, 9.17) is 5.73 Å². The van der Waals surface area contributed by atoms with E-state index in [9.17, 15) is 13.2 Å². The number of anilines is 3. The molecule has 0 bridgehead atoms. The predicted octanol–water partition coefficient (Wildman–Crippen LogP) is 3.31. The maximum atomic E-state index is 12.7. The predicted molar refractivity (Wildman–Crippen MR) is 73.2 cm³/mol. The van der Waals surface area contributed by atoms with E-state index in [1.54, 1.807) is 0 Å². The maximum Gasteiger partial charge on any atom is 0.433 e. The molecule has 1 aromatic heterocycles. The van der Waals surface area contributed by atoms with Crippen LogP contribution in [-0.2, 0) is 19.0 Å². The topological polar surface area (TPSA) is 63.8 Å². The zero-order valence-electron chi connectivity index (χ0n) is 11.0. The molecule has 1 aromatic carbocycles.